The van der Waals surface area contributed by atoms with Gasteiger partial charge in [-0.1, -0.05) is 93.1 Å². The van der Waals surface area contributed by atoms with Gasteiger partial charge < -0.3 is 23.3 Å². The summed E-state index contributed by atoms with van der Waals surface area (Å²) in [6.07, 6.45) is 6.86. The molecule has 0 saturated heterocycles. The Morgan fingerprint density at radius 3 is 2.05 bits per heavy atom. The van der Waals surface area contributed by atoms with Crippen LogP contribution in [0.1, 0.15) is 121 Å². The van der Waals surface area contributed by atoms with E-state index in [1.807, 2.05) is 48.5 Å². The maximum absolute atomic E-state index is 13.4. The third kappa shape index (κ3) is 10.6. The van der Waals surface area contributed by atoms with Gasteiger partial charge in [-0.2, -0.15) is 0 Å². The predicted octanol–water partition coefficient (Wildman–Crippen LogP) is 11.9. The highest BCUT2D eigenvalue weighted by atomic mass is 16.5. The highest BCUT2D eigenvalue weighted by Crippen LogP contribution is 2.32. The van der Waals surface area contributed by atoms with Crippen molar-refractivity contribution in [3.63, 3.8) is 0 Å². The number of fused-ring (bicyclic) bond motifs is 2. The Hall–Kier alpha value is -6.55. The molecular formula is C53H58N4O6. The van der Waals surface area contributed by atoms with Crippen LogP contribution in [0.15, 0.2) is 109 Å². The number of ether oxygens (including phenoxy) is 3. The van der Waals surface area contributed by atoms with Crippen molar-refractivity contribution in [3.05, 3.63) is 143 Å². The first-order chi connectivity index (χ1) is 30.7. The van der Waals surface area contributed by atoms with Gasteiger partial charge in [0.25, 0.3) is 0 Å². The summed E-state index contributed by atoms with van der Waals surface area (Å²) in [5.41, 5.74) is 10.9. The molecule has 0 aliphatic rings. The zero-order valence-corrected chi connectivity index (χ0v) is 37.2. The Morgan fingerprint density at radius 2 is 1.35 bits per heavy atom. The summed E-state index contributed by atoms with van der Waals surface area (Å²) in [5.74, 6) is 0.836. The summed E-state index contributed by atoms with van der Waals surface area (Å²) in [5, 5.41) is 0. The van der Waals surface area contributed by atoms with Crippen molar-refractivity contribution in [1.82, 2.24) is 19.1 Å². The van der Waals surface area contributed by atoms with E-state index in [0.717, 1.165) is 100 Å². The molecule has 0 amide bonds. The second-order valence-corrected chi connectivity index (χ2v) is 16.3. The van der Waals surface area contributed by atoms with Crippen molar-refractivity contribution in [2.75, 3.05) is 13.2 Å². The molecule has 0 fully saturated rings. The van der Waals surface area contributed by atoms with Crippen LogP contribution in [0.25, 0.3) is 44.6 Å². The van der Waals surface area contributed by atoms with Gasteiger partial charge in [0, 0.05) is 38.1 Å². The first-order valence-corrected chi connectivity index (χ1v) is 22.4. The minimum atomic E-state index is -0.486. The standard InChI is InChI=1S/C53H58N4O6/c1-6-8-26-48(63-37(4)58)42-21-12-14-23-44(42)53(60)62-32-18-10-9-17-31-61-52(59)43-22-13-11-20-41(43)39-29-27-38(28-30-39)35-57-47-34-40(33-36(3)50(47)55-49(57)19-7-2)51-54-45-24-15-16-25-46(45)56(51)5/h11-16,20-25,27-30,33-34,48H,6-10,17-19,26,31-32,35H2,1-5H3. The van der Waals surface area contributed by atoms with Gasteiger partial charge in [-0.15, -0.1) is 0 Å². The molecule has 7 rings (SSSR count). The lowest BCUT2D eigenvalue weighted by atomic mass is 9.98. The third-order valence-corrected chi connectivity index (χ3v) is 11.6. The van der Waals surface area contributed by atoms with E-state index in [0.29, 0.717) is 49.1 Å². The largest absolute Gasteiger partial charge is 0.462 e. The second kappa shape index (κ2) is 21.0. The molecule has 0 spiro atoms. The molecule has 1 atom stereocenters. The van der Waals surface area contributed by atoms with Crippen LogP contribution in [-0.2, 0) is 39.0 Å². The first-order valence-electron chi connectivity index (χ1n) is 22.4. The number of hydrogen-bond acceptors (Lipinski definition) is 8. The number of carbonyl (C=O) groups excluding carboxylic acids is 3. The number of para-hydroxylation sites is 2. The van der Waals surface area contributed by atoms with Gasteiger partial charge in [-0.05, 0) is 111 Å². The molecule has 0 radical (unpaired) electrons. The monoisotopic (exact) mass is 846 g/mol. The lowest BCUT2D eigenvalue weighted by molar-refractivity contribution is -0.147. The lowest BCUT2D eigenvalue weighted by Crippen LogP contribution is -2.15. The molecule has 326 valence electrons. The van der Waals surface area contributed by atoms with Crippen LogP contribution in [0.5, 0.6) is 0 Å². The Kier molecular flexibility index (Phi) is 14.8. The van der Waals surface area contributed by atoms with Gasteiger partial charge in [-0.25, -0.2) is 19.6 Å². The minimum absolute atomic E-state index is 0.273. The summed E-state index contributed by atoms with van der Waals surface area (Å²) in [4.78, 5) is 48.3. The van der Waals surface area contributed by atoms with Crippen molar-refractivity contribution in [2.24, 2.45) is 7.05 Å². The predicted molar refractivity (Wildman–Crippen MR) is 249 cm³/mol. The highest BCUT2D eigenvalue weighted by Gasteiger charge is 2.23. The Labute approximate surface area is 370 Å². The molecule has 10 nitrogen and oxygen atoms in total. The average molecular weight is 847 g/mol. The molecule has 0 saturated carbocycles. The molecule has 5 aromatic carbocycles. The van der Waals surface area contributed by atoms with E-state index in [1.165, 1.54) is 6.92 Å². The SMILES string of the molecule is CCCCC(OC(C)=O)c1ccccc1C(=O)OCCCCCCOC(=O)c1ccccc1-c1ccc(Cn2c(CCC)nc3c(C)cc(-c4nc5ccccc5n4C)cc32)cc1. The molecular weight excluding hydrogens is 789 g/mol. The van der Waals surface area contributed by atoms with Crippen molar-refractivity contribution in [2.45, 2.75) is 98.1 Å². The quantitative estimate of drug-likeness (QED) is 0.0423. The summed E-state index contributed by atoms with van der Waals surface area (Å²) in [6, 6.07) is 35.8. The Bertz CT molecular complexity index is 2690. The maximum atomic E-state index is 13.4. The molecule has 1 unspecified atom stereocenters. The van der Waals surface area contributed by atoms with E-state index in [1.54, 1.807) is 12.1 Å². The van der Waals surface area contributed by atoms with Crippen LogP contribution >= 0.6 is 0 Å². The second-order valence-electron chi connectivity index (χ2n) is 16.3. The van der Waals surface area contributed by atoms with Gasteiger partial charge >= 0.3 is 17.9 Å². The first kappa shape index (κ1) is 44.5. The molecule has 10 heteroatoms. The number of benzene rings is 5. The van der Waals surface area contributed by atoms with E-state index in [4.69, 9.17) is 24.2 Å². The van der Waals surface area contributed by atoms with Crippen LogP contribution < -0.4 is 0 Å². The molecule has 0 aliphatic carbocycles. The van der Waals surface area contributed by atoms with Gasteiger partial charge in [-0.3, -0.25) is 4.79 Å². The van der Waals surface area contributed by atoms with Crippen molar-refractivity contribution >= 4 is 40.0 Å². The molecule has 0 N–H and O–H groups in total. The number of unbranched alkanes of at least 4 members (excludes halogenated alkanes) is 4. The zero-order chi connectivity index (χ0) is 44.3. The smallest absolute Gasteiger partial charge is 0.338 e. The van der Waals surface area contributed by atoms with Crippen LogP contribution in [0.2, 0.25) is 0 Å². The van der Waals surface area contributed by atoms with Crippen LogP contribution in [0, 0.1) is 6.92 Å². The van der Waals surface area contributed by atoms with Crippen LogP contribution in [-0.4, -0.2) is 50.2 Å². The fourth-order valence-electron chi connectivity index (χ4n) is 8.32. The van der Waals surface area contributed by atoms with Crippen molar-refractivity contribution < 1.29 is 28.6 Å². The molecule has 0 bridgehead atoms. The summed E-state index contributed by atoms with van der Waals surface area (Å²) in [7, 11) is 2.07. The number of rotatable bonds is 20. The third-order valence-electron chi connectivity index (χ3n) is 11.6. The van der Waals surface area contributed by atoms with Gasteiger partial charge in [0.2, 0.25) is 0 Å². The molecule has 2 heterocycles. The summed E-state index contributed by atoms with van der Waals surface area (Å²) in [6.45, 7) is 9.00. The van der Waals surface area contributed by atoms with Crippen molar-refractivity contribution in [3.8, 4) is 22.5 Å². The molecule has 63 heavy (non-hydrogen) atoms. The van der Waals surface area contributed by atoms with E-state index < -0.39 is 12.1 Å². The Morgan fingerprint density at radius 1 is 0.683 bits per heavy atom. The number of imidazole rings is 2. The van der Waals surface area contributed by atoms with Gasteiger partial charge in [0.1, 0.15) is 17.8 Å². The highest BCUT2D eigenvalue weighted by molar-refractivity contribution is 5.97. The number of aryl methyl sites for hydroxylation is 3. The lowest BCUT2D eigenvalue weighted by Gasteiger charge is -2.19. The fraction of sp³-hybridized carbons (Fsp3) is 0.340. The number of aromatic nitrogens is 4. The minimum Gasteiger partial charge on any atom is -0.462 e. The van der Waals surface area contributed by atoms with E-state index in [9.17, 15) is 14.4 Å². The Balaban J connectivity index is 0.936. The van der Waals surface area contributed by atoms with Gasteiger partial charge in [0.05, 0.1) is 46.4 Å². The maximum Gasteiger partial charge on any atom is 0.338 e. The van der Waals surface area contributed by atoms with E-state index >= 15 is 0 Å². The molecule has 2 aromatic heterocycles. The van der Waals surface area contributed by atoms with Crippen LogP contribution in [0.3, 0.4) is 0 Å². The number of esters is 3. The van der Waals surface area contributed by atoms with E-state index in [2.05, 4.69) is 85.5 Å². The van der Waals surface area contributed by atoms with Gasteiger partial charge in [0.15, 0.2) is 0 Å². The number of nitrogens with zero attached hydrogens (tertiary/aromatic N) is 4. The number of hydrogen-bond donors (Lipinski definition) is 0. The van der Waals surface area contributed by atoms with Crippen molar-refractivity contribution in [1.29, 1.82) is 0 Å². The normalized spacial score (nSPS) is 11.8. The molecule has 7 aromatic rings. The van der Waals surface area contributed by atoms with Crippen LogP contribution in [0.4, 0.5) is 0 Å². The topological polar surface area (TPSA) is 115 Å². The summed E-state index contributed by atoms with van der Waals surface area (Å²) < 4.78 is 21.4. The summed E-state index contributed by atoms with van der Waals surface area (Å²) >= 11 is 0. The fourth-order valence-corrected chi connectivity index (χ4v) is 8.32. The zero-order valence-electron chi connectivity index (χ0n) is 37.2. The number of carbonyl (C=O) groups is 3. The van der Waals surface area contributed by atoms with E-state index in [-0.39, 0.29) is 18.5 Å². The molecule has 0 aliphatic heterocycles. The average Bonchev–Trinajstić information content (AvgIpc) is 3.82.